The SMILES string of the molecule is Cc1ccc2c(c1)c(=O)n(C)c1c(C(=O)N(C)CCO)ncn21. The van der Waals surface area contributed by atoms with Crippen molar-refractivity contribution in [1.82, 2.24) is 18.9 Å². The van der Waals surface area contributed by atoms with Gasteiger partial charge < -0.3 is 10.0 Å². The normalized spacial score (nSPS) is 11.3. The molecule has 2 aromatic heterocycles. The number of rotatable bonds is 3. The van der Waals surface area contributed by atoms with Crippen LogP contribution in [0, 0.1) is 6.92 Å². The molecule has 2 heterocycles. The highest BCUT2D eigenvalue weighted by molar-refractivity contribution is 5.99. The number of fused-ring (bicyclic) bond motifs is 3. The molecule has 0 spiro atoms. The minimum absolute atomic E-state index is 0.130. The van der Waals surface area contributed by atoms with Gasteiger partial charge in [-0.25, -0.2) is 4.98 Å². The zero-order valence-corrected chi connectivity index (χ0v) is 13.3. The Bertz CT molecular complexity index is 971. The summed E-state index contributed by atoms with van der Waals surface area (Å²) in [5, 5.41) is 9.57. The Balaban J connectivity index is 2.33. The van der Waals surface area contributed by atoms with E-state index in [4.69, 9.17) is 5.11 Å². The lowest BCUT2D eigenvalue weighted by Gasteiger charge is -2.15. The van der Waals surface area contributed by atoms with Crippen LogP contribution in [0.4, 0.5) is 0 Å². The zero-order chi connectivity index (χ0) is 16.7. The van der Waals surface area contributed by atoms with Gasteiger partial charge in [-0.1, -0.05) is 11.6 Å². The standard InChI is InChI=1S/C16H18N4O3/c1-10-4-5-12-11(8-10)15(22)19(3)14-13(17-9-20(12)14)16(23)18(2)6-7-21/h4-5,8-9,21H,6-7H2,1-3H3. The molecular weight excluding hydrogens is 296 g/mol. The molecule has 1 N–H and O–H groups in total. The van der Waals surface area contributed by atoms with Gasteiger partial charge in [-0.2, -0.15) is 0 Å². The summed E-state index contributed by atoms with van der Waals surface area (Å²) in [6.07, 6.45) is 1.55. The quantitative estimate of drug-likeness (QED) is 0.766. The molecule has 3 aromatic rings. The van der Waals surface area contributed by atoms with Gasteiger partial charge in [0.2, 0.25) is 0 Å². The molecule has 0 saturated heterocycles. The third kappa shape index (κ3) is 2.29. The Hall–Kier alpha value is -2.67. The number of aliphatic hydroxyl groups excluding tert-OH is 1. The number of aromatic nitrogens is 3. The largest absolute Gasteiger partial charge is 0.395 e. The number of hydrogen-bond acceptors (Lipinski definition) is 4. The fourth-order valence-electron chi connectivity index (χ4n) is 2.73. The lowest BCUT2D eigenvalue weighted by atomic mass is 10.1. The average molecular weight is 314 g/mol. The molecule has 23 heavy (non-hydrogen) atoms. The fourth-order valence-corrected chi connectivity index (χ4v) is 2.73. The van der Waals surface area contributed by atoms with Crippen molar-refractivity contribution in [2.75, 3.05) is 20.2 Å². The van der Waals surface area contributed by atoms with E-state index in [0.717, 1.165) is 5.56 Å². The van der Waals surface area contributed by atoms with E-state index in [1.807, 2.05) is 25.1 Å². The third-order valence-electron chi connectivity index (χ3n) is 3.99. The van der Waals surface area contributed by atoms with Gasteiger partial charge in [0, 0.05) is 20.6 Å². The number of nitrogens with zero attached hydrogens (tertiary/aromatic N) is 4. The topological polar surface area (TPSA) is 79.8 Å². The van der Waals surface area contributed by atoms with Crippen LogP contribution in [0.2, 0.25) is 0 Å². The van der Waals surface area contributed by atoms with Gasteiger partial charge in [-0.15, -0.1) is 0 Å². The first-order chi connectivity index (χ1) is 11.0. The predicted octanol–water partition coefficient (Wildman–Crippen LogP) is 0.559. The molecule has 3 rings (SSSR count). The Morgan fingerprint density at radius 3 is 2.83 bits per heavy atom. The molecular formula is C16H18N4O3. The third-order valence-corrected chi connectivity index (χ3v) is 3.99. The Labute approximate surface area is 132 Å². The zero-order valence-electron chi connectivity index (χ0n) is 13.3. The van der Waals surface area contributed by atoms with E-state index in [1.165, 1.54) is 9.47 Å². The maximum absolute atomic E-state index is 12.6. The molecule has 0 aliphatic carbocycles. The van der Waals surface area contributed by atoms with E-state index >= 15 is 0 Å². The maximum Gasteiger partial charge on any atom is 0.276 e. The van der Waals surface area contributed by atoms with Crippen molar-refractivity contribution in [3.05, 3.63) is 46.1 Å². The number of carbonyl (C=O) groups is 1. The fraction of sp³-hybridized carbons (Fsp3) is 0.312. The van der Waals surface area contributed by atoms with E-state index in [1.54, 1.807) is 24.8 Å². The highest BCUT2D eigenvalue weighted by Gasteiger charge is 2.21. The highest BCUT2D eigenvalue weighted by atomic mass is 16.3. The Morgan fingerprint density at radius 1 is 1.39 bits per heavy atom. The average Bonchev–Trinajstić information content (AvgIpc) is 2.97. The second-order valence-electron chi connectivity index (χ2n) is 5.62. The number of aryl methyl sites for hydroxylation is 2. The highest BCUT2D eigenvalue weighted by Crippen LogP contribution is 2.18. The van der Waals surface area contributed by atoms with E-state index in [0.29, 0.717) is 16.6 Å². The van der Waals surface area contributed by atoms with Crippen LogP contribution in [0.5, 0.6) is 0 Å². The summed E-state index contributed by atoms with van der Waals surface area (Å²) in [6, 6.07) is 5.60. The molecule has 0 unspecified atom stereocenters. The first-order valence-electron chi connectivity index (χ1n) is 7.28. The van der Waals surface area contributed by atoms with Crippen molar-refractivity contribution in [1.29, 1.82) is 0 Å². The molecule has 7 nitrogen and oxygen atoms in total. The van der Waals surface area contributed by atoms with Gasteiger partial charge in [0.1, 0.15) is 6.33 Å². The van der Waals surface area contributed by atoms with Crippen molar-refractivity contribution < 1.29 is 9.90 Å². The van der Waals surface area contributed by atoms with E-state index in [-0.39, 0.29) is 30.3 Å². The summed E-state index contributed by atoms with van der Waals surface area (Å²) in [7, 11) is 3.22. The van der Waals surface area contributed by atoms with Gasteiger partial charge in [-0.3, -0.25) is 18.6 Å². The van der Waals surface area contributed by atoms with Gasteiger partial charge in [0.05, 0.1) is 17.5 Å². The van der Waals surface area contributed by atoms with Gasteiger partial charge in [-0.05, 0) is 19.1 Å². The number of imidazole rings is 1. The molecule has 7 heteroatoms. The van der Waals surface area contributed by atoms with Crippen LogP contribution in [-0.2, 0) is 7.05 Å². The minimum Gasteiger partial charge on any atom is -0.395 e. The van der Waals surface area contributed by atoms with Crippen LogP contribution in [0.25, 0.3) is 16.6 Å². The molecule has 0 atom stereocenters. The summed E-state index contributed by atoms with van der Waals surface area (Å²) in [6.45, 7) is 2.00. The number of likely N-dealkylation sites (N-methyl/N-ethyl adjacent to an activating group) is 1. The first kappa shape index (κ1) is 15.2. The molecule has 0 aliphatic rings. The van der Waals surface area contributed by atoms with Crippen LogP contribution in [-0.4, -0.2) is 50.1 Å². The van der Waals surface area contributed by atoms with Crippen LogP contribution in [0.1, 0.15) is 16.1 Å². The molecule has 0 aliphatic heterocycles. The number of amides is 1. The van der Waals surface area contributed by atoms with Crippen LogP contribution in [0.3, 0.4) is 0 Å². The summed E-state index contributed by atoms with van der Waals surface area (Å²) in [5.41, 5.74) is 2.18. The van der Waals surface area contributed by atoms with Gasteiger partial charge >= 0.3 is 0 Å². The van der Waals surface area contributed by atoms with Crippen LogP contribution in [0.15, 0.2) is 29.3 Å². The summed E-state index contributed by atoms with van der Waals surface area (Å²) in [4.78, 5) is 30.7. The molecule has 0 radical (unpaired) electrons. The van der Waals surface area contributed by atoms with Crippen molar-refractivity contribution in [3.63, 3.8) is 0 Å². The van der Waals surface area contributed by atoms with Crippen LogP contribution < -0.4 is 5.56 Å². The Morgan fingerprint density at radius 2 is 2.13 bits per heavy atom. The molecule has 1 amide bonds. The molecule has 120 valence electrons. The summed E-state index contributed by atoms with van der Waals surface area (Å²) in [5.74, 6) is -0.331. The second kappa shape index (κ2) is 5.51. The number of carbonyl (C=O) groups excluding carboxylic acids is 1. The smallest absolute Gasteiger partial charge is 0.276 e. The van der Waals surface area contributed by atoms with Crippen molar-refractivity contribution in [2.45, 2.75) is 6.92 Å². The summed E-state index contributed by atoms with van der Waals surface area (Å²) >= 11 is 0. The minimum atomic E-state index is -0.331. The van der Waals surface area contributed by atoms with Crippen LogP contribution >= 0.6 is 0 Å². The lowest BCUT2D eigenvalue weighted by Crippen LogP contribution is -2.31. The number of benzene rings is 1. The lowest BCUT2D eigenvalue weighted by molar-refractivity contribution is 0.0763. The van der Waals surface area contributed by atoms with E-state index < -0.39 is 0 Å². The summed E-state index contributed by atoms with van der Waals surface area (Å²) < 4.78 is 3.19. The first-order valence-corrected chi connectivity index (χ1v) is 7.28. The predicted molar refractivity (Wildman–Crippen MR) is 86.7 cm³/mol. The Kier molecular flexibility index (Phi) is 3.65. The van der Waals surface area contributed by atoms with Gasteiger partial charge in [0.25, 0.3) is 11.5 Å². The molecule has 0 bridgehead atoms. The van der Waals surface area contributed by atoms with Crippen molar-refractivity contribution in [2.24, 2.45) is 7.05 Å². The molecule has 0 saturated carbocycles. The number of aliphatic hydroxyl groups is 1. The monoisotopic (exact) mass is 314 g/mol. The van der Waals surface area contributed by atoms with Crippen molar-refractivity contribution in [3.8, 4) is 0 Å². The maximum atomic E-state index is 12.6. The molecule has 0 fully saturated rings. The number of hydrogen-bond donors (Lipinski definition) is 1. The second-order valence-corrected chi connectivity index (χ2v) is 5.62. The van der Waals surface area contributed by atoms with E-state index in [9.17, 15) is 9.59 Å². The van der Waals surface area contributed by atoms with Gasteiger partial charge in [0.15, 0.2) is 11.3 Å². The van der Waals surface area contributed by atoms with E-state index in [2.05, 4.69) is 4.98 Å². The molecule has 1 aromatic carbocycles. The van der Waals surface area contributed by atoms with Crippen molar-refractivity contribution >= 4 is 22.5 Å².